The van der Waals surface area contributed by atoms with Crippen LogP contribution in [0.5, 0.6) is 0 Å². The quantitative estimate of drug-likeness (QED) is 0.676. The lowest BCUT2D eigenvalue weighted by Gasteiger charge is -2.29. The second-order valence-corrected chi connectivity index (χ2v) is 6.45. The van der Waals surface area contributed by atoms with Crippen LogP contribution < -0.4 is 5.32 Å². The van der Waals surface area contributed by atoms with Crippen LogP contribution in [0.15, 0.2) is 11.2 Å². The Bertz CT molecular complexity index is 576. The Morgan fingerprint density at radius 3 is 2.64 bits per heavy atom. The minimum atomic E-state index is 0.136. The predicted molar refractivity (Wildman–Crippen MR) is 86.6 cm³/mol. The van der Waals surface area contributed by atoms with Gasteiger partial charge in [-0.25, -0.2) is 9.97 Å². The fraction of sp³-hybridized carbons (Fsp3) is 0.600. The molecule has 1 aromatic rings. The molecule has 118 valence electrons. The fourth-order valence-electron chi connectivity index (χ4n) is 2.70. The summed E-state index contributed by atoms with van der Waals surface area (Å²) in [6, 6.07) is 2.38. The van der Waals surface area contributed by atoms with Gasteiger partial charge >= 0.3 is 0 Å². The molecule has 1 amide bonds. The maximum Gasteiger partial charge on any atom is 0.225 e. The van der Waals surface area contributed by atoms with Crippen molar-refractivity contribution in [2.45, 2.75) is 36.8 Å². The monoisotopic (exact) mass is 319 g/mol. The van der Waals surface area contributed by atoms with Gasteiger partial charge in [-0.2, -0.15) is 5.26 Å². The van der Waals surface area contributed by atoms with Crippen LogP contribution in [-0.2, 0) is 4.79 Å². The lowest BCUT2D eigenvalue weighted by atomic mass is 9.85. The number of nitrogens with zero attached hydrogens (tertiary/aromatic N) is 4. The summed E-state index contributed by atoms with van der Waals surface area (Å²) < 4.78 is 0. The minimum Gasteiger partial charge on any atom is -0.351 e. The molecule has 0 saturated heterocycles. The Balaban J connectivity index is 1.94. The molecule has 0 aromatic carbocycles. The summed E-state index contributed by atoms with van der Waals surface area (Å²) in [7, 11) is 3.61. The van der Waals surface area contributed by atoms with Crippen LogP contribution in [0.3, 0.4) is 0 Å². The second kappa shape index (κ2) is 7.45. The summed E-state index contributed by atoms with van der Waals surface area (Å²) in [6.45, 7) is 0. The molecule has 0 bridgehead atoms. The van der Waals surface area contributed by atoms with Gasteiger partial charge in [0.2, 0.25) is 11.9 Å². The Morgan fingerprint density at radius 2 is 2.09 bits per heavy atom. The highest BCUT2D eigenvalue weighted by Gasteiger charge is 2.27. The summed E-state index contributed by atoms with van der Waals surface area (Å²) >= 11 is 1.44. The molecule has 0 aliphatic heterocycles. The van der Waals surface area contributed by atoms with Crippen molar-refractivity contribution in [2.75, 3.05) is 25.7 Å². The van der Waals surface area contributed by atoms with E-state index < -0.39 is 0 Å². The molecule has 2 rings (SSSR count). The molecule has 0 atom stereocenters. The van der Waals surface area contributed by atoms with E-state index in [0.717, 1.165) is 25.7 Å². The summed E-state index contributed by atoms with van der Waals surface area (Å²) in [5.74, 6) is 0.917. The van der Waals surface area contributed by atoms with Crippen molar-refractivity contribution in [1.82, 2.24) is 14.9 Å². The topological polar surface area (TPSA) is 81.9 Å². The Hall–Kier alpha value is -1.81. The SMILES string of the molecule is CSc1nc(N[C@H]2CC[C@H](C(=O)N(C)C)CC2)ncc1C#N. The van der Waals surface area contributed by atoms with Gasteiger partial charge in [0.15, 0.2) is 0 Å². The predicted octanol–water partition coefficient (Wildman–Crippen LogP) is 2.13. The van der Waals surface area contributed by atoms with Crippen LogP contribution in [0, 0.1) is 17.2 Å². The Labute approximate surface area is 135 Å². The first-order valence-electron chi connectivity index (χ1n) is 7.34. The van der Waals surface area contributed by atoms with Gasteiger partial charge in [-0.1, -0.05) is 0 Å². The molecule has 1 fully saturated rings. The molecule has 1 saturated carbocycles. The molecule has 22 heavy (non-hydrogen) atoms. The van der Waals surface area contributed by atoms with E-state index in [9.17, 15) is 4.79 Å². The Kier molecular flexibility index (Phi) is 5.61. The van der Waals surface area contributed by atoms with Crippen molar-refractivity contribution in [3.05, 3.63) is 11.8 Å². The number of hydrogen-bond acceptors (Lipinski definition) is 6. The summed E-state index contributed by atoms with van der Waals surface area (Å²) in [5.41, 5.74) is 0.498. The van der Waals surface area contributed by atoms with Gasteiger partial charge < -0.3 is 10.2 Å². The van der Waals surface area contributed by atoms with E-state index >= 15 is 0 Å². The van der Waals surface area contributed by atoms with E-state index in [1.54, 1.807) is 25.2 Å². The number of thioether (sulfide) groups is 1. The van der Waals surface area contributed by atoms with E-state index in [1.807, 2.05) is 6.26 Å². The van der Waals surface area contributed by atoms with Crippen LogP contribution >= 0.6 is 11.8 Å². The molecule has 7 heteroatoms. The molecule has 1 N–H and O–H groups in total. The molecular formula is C15H21N5OS. The average molecular weight is 319 g/mol. The minimum absolute atomic E-state index is 0.136. The summed E-state index contributed by atoms with van der Waals surface area (Å²) in [5, 5.41) is 13.0. The molecule has 0 radical (unpaired) electrons. The van der Waals surface area contributed by atoms with Gasteiger partial charge in [0.25, 0.3) is 0 Å². The molecule has 0 unspecified atom stereocenters. The first-order valence-corrected chi connectivity index (χ1v) is 8.56. The lowest BCUT2D eigenvalue weighted by Crippen LogP contribution is -2.35. The number of rotatable bonds is 4. The van der Waals surface area contributed by atoms with Gasteiger partial charge in [-0.15, -0.1) is 11.8 Å². The highest BCUT2D eigenvalue weighted by molar-refractivity contribution is 7.98. The van der Waals surface area contributed by atoms with Crippen molar-refractivity contribution >= 4 is 23.6 Å². The largest absolute Gasteiger partial charge is 0.351 e. The third-order valence-electron chi connectivity index (χ3n) is 3.92. The van der Waals surface area contributed by atoms with Crippen molar-refractivity contribution in [3.63, 3.8) is 0 Å². The average Bonchev–Trinajstić information content (AvgIpc) is 2.54. The molecule has 1 aromatic heterocycles. The normalized spacial score (nSPS) is 21.0. The van der Waals surface area contributed by atoms with Crippen LogP contribution in [0.1, 0.15) is 31.2 Å². The molecule has 0 spiro atoms. The van der Waals surface area contributed by atoms with Gasteiger partial charge in [-0.05, 0) is 31.9 Å². The highest BCUT2D eigenvalue weighted by Crippen LogP contribution is 2.27. The zero-order valence-electron chi connectivity index (χ0n) is 13.2. The van der Waals surface area contributed by atoms with Gasteiger partial charge in [-0.3, -0.25) is 4.79 Å². The van der Waals surface area contributed by atoms with E-state index in [-0.39, 0.29) is 17.9 Å². The number of anilines is 1. The number of amides is 1. The first-order chi connectivity index (χ1) is 10.5. The van der Waals surface area contributed by atoms with Crippen LogP contribution in [0.2, 0.25) is 0 Å². The molecule has 1 aliphatic carbocycles. The van der Waals surface area contributed by atoms with Crippen molar-refractivity contribution in [2.24, 2.45) is 5.92 Å². The van der Waals surface area contributed by atoms with Crippen LogP contribution in [0.25, 0.3) is 0 Å². The Morgan fingerprint density at radius 1 is 1.41 bits per heavy atom. The smallest absolute Gasteiger partial charge is 0.225 e. The number of carbonyl (C=O) groups excluding carboxylic acids is 1. The number of nitriles is 1. The van der Waals surface area contributed by atoms with Crippen molar-refractivity contribution in [1.29, 1.82) is 5.26 Å². The van der Waals surface area contributed by atoms with E-state index in [0.29, 0.717) is 16.5 Å². The number of nitrogens with one attached hydrogen (secondary N) is 1. The second-order valence-electron chi connectivity index (χ2n) is 5.65. The van der Waals surface area contributed by atoms with E-state index in [1.165, 1.54) is 11.8 Å². The van der Waals surface area contributed by atoms with E-state index in [4.69, 9.17) is 5.26 Å². The highest BCUT2D eigenvalue weighted by atomic mass is 32.2. The van der Waals surface area contributed by atoms with Crippen molar-refractivity contribution in [3.8, 4) is 6.07 Å². The van der Waals surface area contributed by atoms with Crippen LogP contribution in [-0.4, -0.2) is 47.2 Å². The third-order valence-corrected chi connectivity index (χ3v) is 4.62. The van der Waals surface area contributed by atoms with Gasteiger partial charge in [0, 0.05) is 26.1 Å². The van der Waals surface area contributed by atoms with Gasteiger partial charge in [0.1, 0.15) is 16.7 Å². The molecule has 1 aliphatic rings. The van der Waals surface area contributed by atoms with Crippen LogP contribution in [0.4, 0.5) is 5.95 Å². The summed E-state index contributed by atoms with van der Waals surface area (Å²) in [4.78, 5) is 22.2. The maximum absolute atomic E-state index is 12.0. The summed E-state index contributed by atoms with van der Waals surface area (Å²) in [6.07, 6.45) is 7.10. The maximum atomic E-state index is 12.0. The first kappa shape index (κ1) is 16.6. The molecular weight excluding hydrogens is 298 g/mol. The zero-order valence-corrected chi connectivity index (χ0v) is 14.0. The number of hydrogen-bond donors (Lipinski definition) is 1. The number of aromatic nitrogens is 2. The third kappa shape index (κ3) is 3.89. The van der Waals surface area contributed by atoms with Gasteiger partial charge in [0.05, 0.1) is 6.20 Å². The fourth-order valence-corrected chi connectivity index (χ4v) is 3.20. The standard InChI is InChI=1S/C15H21N5OS/c1-20(2)14(21)10-4-6-12(7-5-10)18-15-17-9-11(8-16)13(19-15)22-3/h9-10,12H,4-7H2,1-3H3,(H,17,18,19)/t10-,12-. The van der Waals surface area contributed by atoms with Crippen molar-refractivity contribution < 1.29 is 4.79 Å². The zero-order chi connectivity index (χ0) is 16.1. The molecule has 6 nitrogen and oxygen atoms in total. The molecule has 1 heterocycles. The lowest BCUT2D eigenvalue weighted by molar-refractivity contribution is -0.133. The van der Waals surface area contributed by atoms with E-state index in [2.05, 4.69) is 21.4 Å². The number of carbonyl (C=O) groups is 1.